The fraction of sp³-hybridized carbons (Fsp3) is 0.391. The first-order valence-corrected chi connectivity index (χ1v) is 9.24. The standard InChI is InChI=1S/C23H26FNO2/c1-14-10-18-19(23(4,5)9-8-22(18,2)3)12-16(14)17-11-15(6-7-21(26)27)25-13-20(17)24/h6-7,10-13H,8-9H2,1-5H3,(H,26,27)/b7-6+. The van der Waals surface area contributed by atoms with Crippen LogP contribution in [0.1, 0.15) is 62.9 Å². The number of hydrogen-bond donors (Lipinski definition) is 1. The van der Waals surface area contributed by atoms with Crippen molar-refractivity contribution in [2.75, 3.05) is 0 Å². The zero-order chi connectivity index (χ0) is 20.0. The molecule has 0 aliphatic heterocycles. The van der Waals surface area contributed by atoms with Gasteiger partial charge in [0.1, 0.15) is 5.82 Å². The van der Waals surface area contributed by atoms with E-state index in [1.54, 1.807) is 6.07 Å². The van der Waals surface area contributed by atoms with Gasteiger partial charge in [-0.05, 0) is 71.1 Å². The molecule has 1 aromatic heterocycles. The van der Waals surface area contributed by atoms with E-state index in [1.165, 1.54) is 17.2 Å². The number of halogens is 1. The molecule has 2 aromatic rings. The molecular weight excluding hydrogens is 341 g/mol. The highest BCUT2D eigenvalue weighted by Crippen LogP contribution is 2.47. The number of nitrogens with zero attached hydrogens (tertiary/aromatic N) is 1. The van der Waals surface area contributed by atoms with E-state index in [4.69, 9.17) is 5.11 Å². The van der Waals surface area contributed by atoms with Crippen molar-refractivity contribution >= 4 is 12.0 Å². The Hall–Kier alpha value is -2.49. The first-order chi connectivity index (χ1) is 12.5. The van der Waals surface area contributed by atoms with Crippen molar-refractivity contribution in [3.05, 3.63) is 58.7 Å². The Labute approximate surface area is 160 Å². The van der Waals surface area contributed by atoms with Crippen LogP contribution < -0.4 is 0 Å². The molecule has 0 fully saturated rings. The minimum absolute atomic E-state index is 0.0306. The van der Waals surface area contributed by atoms with Crippen LogP contribution in [0.3, 0.4) is 0 Å². The smallest absolute Gasteiger partial charge is 0.328 e. The summed E-state index contributed by atoms with van der Waals surface area (Å²) in [6.45, 7) is 11.0. The van der Waals surface area contributed by atoms with Crippen LogP contribution in [-0.2, 0) is 15.6 Å². The zero-order valence-corrected chi connectivity index (χ0v) is 16.6. The molecule has 0 unspecified atom stereocenters. The lowest BCUT2D eigenvalue weighted by atomic mass is 9.62. The van der Waals surface area contributed by atoms with Gasteiger partial charge in [-0.15, -0.1) is 0 Å². The average Bonchev–Trinajstić information content (AvgIpc) is 2.58. The molecule has 4 heteroatoms. The molecule has 3 nitrogen and oxygen atoms in total. The first kappa shape index (κ1) is 19.3. The first-order valence-electron chi connectivity index (χ1n) is 9.24. The van der Waals surface area contributed by atoms with Gasteiger partial charge >= 0.3 is 5.97 Å². The predicted molar refractivity (Wildman–Crippen MR) is 106 cm³/mol. The minimum atomic E-state index is -1.06. The van der Waals surface area contributed by atoms with Crippen molar-refractivity contribution in [2.45, 2.75) is 58.3 Å². The lowest BCUT2D eigenvalue weighted by Crippen LogP contribution is -2.34. The molecule has 0 amide bonds. The normalized spacial score (nSPS) is 17.7. The third kappa shape index (κ3) is 3.66. The molecule has 1 aliphatic rings. The molecule has 0 spiro atoms. The number of benzene rings is 1. The van der Waals surface area contributed by atoms with Gasteiger partial charge in [-0.2, -0.15) is 0 Å². The predicted octanol–water partition coefficient (Wildman–Crippen LogP) is 5.64. The fourth-order valence-electron chi connectivity index (χ4n) is 3.92. The van der Waals surface area contributed by atoms with Crippen molar-refractivity contribution in [3.63, 3.8) is 0 Å². The zero-order valence-electron chi connectivity index (χ0n) is 16.6. The van der Waals surface area contributed by atoms with Crippen molar-refractivity contribution in [2.24, 2.45) is 0 Å². The number of carboxylic acids is 1. The lowest BCUT2D eigenvalue weighted by molar-refractivity contribution is -0.131. The highest BCUT2D eigenvalue weighted by Gasteiger charge is 2.37. The van der Waals surface area contributed by atoms with Gasteiger partial charge in [-0.3, -0.25) is 4.98 Å². The molecular formula is C23H26FNO2. The summed E-state index contributed by atoms with van der Waals surface area (Å²) < 4.78 is 14.6. The summed E-state index contributed by atoms with van der Waals surface area (Å²) in [6.07, 6.45) is 5.76. The summed E-state index contributed by atoms with van der Waals surface area (Å²) in [7, 11) is 0. The number of fused-ring (bicyclic) bond motifs is 1. The number of hydrogen-bond acceptors (Lipinski definition) is 2. The number of carboxylic acid groups (broad SMARTS) is 1. The number of aliphatic carboxylic acids is 1. The summed E-state index contributed by atoms with van der Waals surface area (Å²) in [5.41, 5.74) is 5.45. The minimum Gasteiger partial charge on any atom is -0.478 e. The SMILES string of the molecule is Cc1cc2c(cc1-c1cc(/C=C/C(=O)O)ncc1F)C(C)(C)CCC2(C)C. The fourth-order valence-corrected chi connectivity index (χ4v) is 3.92. The largest absolute Gasteiger partial charge is 0.478 e. The van der Waals surface area contributed by atoms with Crippen LogP contribution >= 0.6 is 0 Å². The van der Waals surface area contributed by atoms with E-state index in [1.807, 2.05) is 6.92 Å². The van der Waals surface area contributed by atoms with E-state index in [9.17, 15) is 9.18 Å². The number of rotatable bonds is 3. The average molecular weight is 367 g/mol. The van der Waals surface area contributed by atoms with Crippen LogP contribution in [0.4, 0.5) is 4.39 Å². The Morgan fingerprint density at radius 2 is 1.67 bits per heavy atom. The van der Waals surface area contributed by atoms with Crippen LogP contribution in [-0.4, -0.2) is 16.1 Å². The molecule has 1 aromatic carbocycles. The molecule has 27 heavy (non-hydrogen) atoms. The maximum Gasteiger partial charge on any atom is 0.328 e. The topological polar surface area (TPSA) is 50.2 Å². The van der Waals surface area contributed by atoms with E-state index in [-0.39, 0.29) is 10.8 Å². The summed E-state index contributed by atoms with van der Waals surface area (Å²) in [6, 6.07) is 5.93. The molecule has 142 valence electrons. The molecule has 1 N–H and O–H groups in total. The number of aromatic nitrogens is 1. The third-order valence-electron chi connectivity index (χ3n) is 5.76. The van der Waals surface area contributed by atoms with Crippen LogP contribution in [0, 0.1) is 12.7 Å². The van der Waals surface area contributed by atoms with Crippen molar-refractivity contribution < 1.29 is 14.3 Å². The Bertz CT molecular complexity index is 942. The van der Waals surface area contributed by atoms with Gasteiger partial charge in [0.25, 0.3) is 0 Å². The number of aryl methyl sites for hydroxylation is 1. The third-order valence-corrected chi connectivity index (χ3v) is 5.76. The van der Waals surface area contributed by atoms with Gasteiger partial charge < -0.3 is 5.11 Å². The Morgan fingerprint density at radius 3 is 2.26 bits per heavy atom. The Balaban J connectivity index is 2.19. The molecule has 0 radical (unpaired) electrons. The number of pyridine rings is 1. The van der Waals surface area contributed by atoms with Gasteiger partial charge in [0.05, 0.1) is 11.9 Å². The lowest BCUT2D eigenvalue weighted by Gasteiger charge is -2.42. The van der Waals surface area contributed by atoms with Gasteiger partial charge in [0.15, 0.2) is 0 Å². The van der Waals surface area contributed by atoms with Crippen LogP contribution in [0.25, 0.3) is 17.2 Å². The van der Waals surface area contributed by atoms with Gasteiger partial charge in [0, 0.05) is 11.6 Å². The maximum absolute atomic E-state index is 14.6. The second kappa shape index (κ2) is 6.59. The molecule has 0 saturated carbocycles. The van der Waals surface area contributed by atoms with Crippen molar-refractivity contribution in [3.8, 4) is 11.1 Å². The molecule has 1 aliphatic carbocycles. The van der Waals surface area contributed by atoms with E-state index in [0.717, 1.165) is 36.2 Å². The monoisotopic (exact) mass is 367 g/mol. The van der Waals surface area contributed by atoms with Crippen LogP contribution in [0.2, 0.25) is 0 Å². The second-order valence-corrected chi connectivity index (χ2v) is 8.74. The van der Waals surface area contributed by atoms with Crippen molar-refractivity contribution in [1.29, 1.82) is 0 Å². The molecule has 1 heterocycles. The molecule has 0 saturated heterocycles. The maximum atomic E-state index is 14.6. The van der Waals surface area contributed by atoms with E-state index in [2.05, 4.69) is 44.8 Å². The summed E-state index contributed by atoms with van der Waals surface area (Å²) >= 11 is 0. The van der Waals surface area contributed by atoms with Crippen LogP contribution in [0.5, 0.6) is 0 Å². The Morgan fingerprint density at radius 1 is 1.07 bits per heavy atom. The quantitative estimate of drug-likeness (QED) is 0.714. The summed E-state index contributed by atoms with van der Waals surface area (Å²) in [5.74, 6) is -1.46. The Kier molecular flexibility index (Phi) is 4.71. The summed E-state index contributed by atoms with van der Waals surface area (Å²) in [5, 5.41) is 8.81. The highest BCUT2D eigenvalue weighted by atomic mass is 19.1. The summed E-state index contributed by atoms with van der Waals surface area (Å²) in [4.78, 5) is 14.7. The number of carbonyl (C=O) groups is 1. The van der Waals surface area contributed by atoms with E-state index < -0.39 is 11.8 Å². The van der Waals surface area contributed by atoms with Gasteiger partial charge in [-0.1, -0.05) is 33.8 Å². The highest BCUT2D eigenvalue weighted by molar-refractivity contribution is 5.85. The second-order valence-electron chi connectivity index (χ2n) is 8.74. The van der Waals surface area contributed by atoms with E-state index >= 15 is 0 Å². The molecule has 3 rings (SSSR count). The van der Waals surface area contributed by atoms with Crippen LogP contribution in [0.15, 0.2) is 30.5 Å². The van der Waals surface area contributed by atoms with Crippen molar-refractivity contribution in [1.82, 2.24) is 4.98 Å². The van der Waals surface area contributed by atoms with E-state index in [0.29, 0.717) is 11.3 Å². The van der Waals surface area contributed by atoms with Gasteiger partial charge in [0.2, 0.25) is 0 Å². The molecule has 0 bridgehead atoms. The molecule has 0 atom stereocenters. The van der Waals surface area contributed by atoms with Gasteiger partial charge in [-0.25, -0.2) is 9.18 Å².